The molecule has 3 nitrogen and oxygen atoms in total. The zero-order valence-electron chi connectivity index (χ0n) is 11.1. The molecule has 2 aromatic carbocycles. The Morgan fingerprint density at radius 1 is 1.16 bits per heavy atom. The van der Waals surface area contributed by atoms with Gasteiger partial charge in [0.15, 0.2) is 0 Å². The Labute approximate surface area is 113 Å². The Kier molecular flexibility index (Phi) is 3.40. The molecule has 100 valence electrons. The fraction of sp³-hybridized carbons (Fsp3) is 0.375. The number of hydrogen-bond acceptors (Lipinski definition) is 3. The molecule has 0 spiro atoms. The summed E-state index contributed by atoms with van der Waals surface area (Å²) >= 11 is 0. The number of rotatable bonds is 3. The van der Waals surface area contributed by atoms with Gasteiger partial charge in [0.2, 0.25) is 0 Å². The van der Waals surface area contributed by atoms with Gasteiger partial charge in [-0.1, -0.05) is 43.3 Å². The number of fused-ring (bicyclic) bond motifs is 1. The average Bonchev–Trinajstić information content (AvgIpc) is 2.80. The molecule has 1 aliphatic rings. The predicted molar refractivity (Wildman–Crippen MR) is 76.5 cm³/mol. The van der Waals surface area contributed by atoms with Crippen LogP contribution >= 0.6 is 0 Å². The first kappa shape index (κ1) is 12.5. The van der Waals surface area contributed by atoms with Crippen molar-refractivity contribution in [3.63, 3.8) is 0 Å². The lowest BCUT2D eigenvalue weighted by atomic mass is 10.1. The SMILES string of the molecule is CCN1C[C@@H](O)[C@H](Oc2cccc3ccccc23)C1. The fourth-order valence-corrected chi connectivity index (χ4v) is 2.67. The van der Waals surface area contributed by atoms with Gasteiger partial charge in [0.1, 0.15) is 18.0 Å². The van der Waals surface area contributed by atoms with Crippen LogP contribution in [0.4, 0.5) is 0 Å². The summed E-state index contributed by atoms with van der Waals surface area (Å²) in [5, 5.41) is 12.3. The van der Waals surface area contributed by atoms with Crippen LogP contribution in [0, 0.1) is 0 Å². The molecular weight excluding hydrogens is 238 g/mol. The number of benzene rings is 2. The van der Waals surface area contributed by atoms with Crippen molar-refractivity contribution in [2.75, 3.05) is 19.6 Å². The van der Waals surface area contributed by atoms with E-state index in [9.17, 15) is 5.11 Å². The summed E-state index contributed by atoms with van der Waals surface area (Å²) in [5.74, 6) is 0.861. The Morgan fingerprint density at radius 3 is 2.74 bits per heavy atom. The lowest BCUT2D eigenvalue weighted by Gasteiger charge is -2.18. The van der Waals surface area contributed by atoms with E-state index in [2.05, 4.69) is 30.0 Å². The number of likely N-dealkylation sites (N-methyl/N-ethyl adjacent to an activating group) is 1. The van der Waals surface area contributed by atoms with Crippen molar-refractivity contribution in [2.24, 2.45) is 0 Å². The molecular formula is C16H19NO2. The average molecular weight is 257 g/mol. The second kappa shape index (κ2) is 5.19. The molecule has 0 amide bonds. The Morgan fingerprint density at radius 2 is 1.95 bits per heavy atom. The van der Waals surface area contributed by atoms with E-state index in [4.69, 9.17) is 4.74 Å². The fourth-order valence-electron chi connectivity index (χ4n) is 2.67. The second-order valence-corrected chi connectivity index (χ2v) is 5.05. The molecule has 3 rings (SSSR count). The maximum Gasteiger partial charge on any atom is 0.138 e. The summed E-state index contributed by atoms with van der Waals surface area (Å²) in [6.07, 6.45) is -0.537. The van der Waals surface area contributed by atoms with Crippen LogP contribution in [0.1, 0.15) is 6.92 Å². The van der Waals surface area contributed by atoms with E-state index in [0.29, 0.717) is 6.54 Å². The highest BCUT2D eigenvalue weighted by atomic mass is 16.5. The lowest BCUT2D eigenvalue weighted by molar-refractivity contribution is 0.0747. The summed E-state index contributed by atoms with van der Waals surface area (Å²) < 4.78 is 6.04. The zero-order valence-corrected chi connectivity index (χ0v) is 11.1. The van der Waals surface area contributed by atoms with Crippen LogP contribution in [-0.2, 0) is 0 Å². The third-order valence-corrected chi connectivity index (χ3v) is 3.79. The van der Waals surface area contributed by atoms with E-state index in [-0.39, 0.29) is 6.10 Å². The van der Waals surface area contributed by atoms with Gasteiger partial charge >= 0.3 is 0 Å². The van der Waals surface area contributed by atoms with Gasteiger partial charge in [-0.15, -0.1) is 0 Å². The van der Waals surface area contributed by atoms with E-state index < -0.39 is 6.10 Å². The summed E-state index contributed by atoms with van der Waals surface area (Å²) in [6, 6.07) is 14.2. The van der Waals surface area contributed by atoms with Crippen molar-refractivity contribution in [2.45, 2.75) is 19.1 Å². The number of aliphatic hydroxyl groups is 1. The number of nitrogens with zero attached hydrogens (tertiary/aromatic N) is 1. The lowest BCUT2D eigenvalue weighted by Crippen LogP contribution is -2.30. The molecule has 0 radical (unpaired) electrons. The van der Waals surface area contributed by atoms with Crippen molar-refractivity contribution in [3.8, 4) is 5.75 Å². The maximum atomic E-state index is 10.1. The molecule has 2 atom stereocenters. The van der Waals surface area contributed by atoms with E-state index >= 15 is 0 Å². The molecule has 1 N–H and O–H groups in total. The summed E-state index contributed by atoms with van der Waals surface area (Å²) in [6.45, 7) is 4.55. The largest absolute Gasteiger partial charge is 0.486 e. The highest BCUT2D eigenvalue weighted by Gasteiger charge is 2.32. The molecule has 3 heteroatoms. The first-order valence-corrected chi connectivity index (χ1v) is 6.83. The molecule has 2 aromatic rings. The third kappa shape index (κ3) is 2.44. The van der Waals surface area contributed by atoms with Crippen LogP contribution in [0.5, 0.6) is 5.75 Å². The van der Waals surface area contributed by atoms with Crippen LogP contribution in [0.3, 0.4) is 0 Å². The number of likely N-dealkylation sites (tertiary alicyclic amines) is 1. The van der Waals surface area contributed by atoms with Crippen LogP contribution in [0.25, 0.3) is 10.8 Å². The number of ether oxygens (including phenoxy) is 1. The molecule has 1 fully saturated rings. The van der Waals surface area contributed by atoms with E-state index in [1.165, 1.54) is 5.39 Å². The second-order valence-electron chi connectivity index (χ2n) is 5.05. The van der Waals surface area contributed by atoms with E-state index in [1.807, 2.05) is 24.3 Å². The highest BCUT2D eigenvalue weighted by Crippen LogP contribution is 2.27. The van der Waals surface area contributed by atoms with E-state index in [0.717, 1.165) is 24.2 Å². The first-order valence-electron chi connectivity index (χ1n) is 6.83. The molecule has 0 aliphatic carbocycles. The minimum absolute atomic E-state index is 0.134. The van der Waals surface area contributed by atoms with Crippen molar-refractivity contribution < 1.29 is 9.84 Å². The Bertz CT molecular complexity index is 564. The predicted octanol–water partition coefficient (Wildman–Crippen LogP) is 2.28. The normalized spacial score (nSPS) is 23.9. The molecule has 1 saturated heterocycles. The van der Waals surface area contributed by atoms with Gasteiger partial charge in [0.25, 0.3) is 0 Å². The van der Waals surface area contributed by atoms with Crippen molar-refractivity contribution in [1.82, 2.24) is 4.90 Å². The highest BCUT2D eigenvalue weighted by molar-refractivity contribution is 5.88. The molecule has 19 heavy (non-hydrogen) atoms. The number of hydrogen-bond donors (Lipinski definition) is 1. The summed E-state index contributed by atoms with van der Waals surface area (Å²) in [5.41, 5.74) is 0. The minimum atomic E-state index is -0.404. The van der Waals surface area contributed by atoms with Crippen LogP contribution < -0.4 is 4.74 Å². The standard InChI is InChI=1S/C16H19NO2/c1-2-17-10-14(18)16(11-17)19-15-9-5-7-12-6-3-4-8-13(12)15/h3-9,14,16,18H,2,10-11H2,1H3/t14-,16-/m1/s1. The third-order valence-electron chi connectivity index (χ3n) is 3.79. The number of β-amino-alcohol motifs (C(OH)–C–C–N with tert-alkyl or cyclic N) is 1. The molecule has 1 heterocycles. The Balaban J connectivity index is 1.86. The van der Waals surface area contributed by atoms with Gasteiger partial charge in [0, 0.05) is 18.5 Å². The van der Waals surface area contributed by atoms with Crippen molar-refractivity contribution in [3.05, 3.63) is 42.5 Å². The zero-order chi connectivity index (χ0) is 13.2. The molecule has 0 bridgehead atoms. The topological polar surface area (TPSA) is 32.7 Å². The van der Waals surface area contributed by atoms with Gasteiger partial charge in [-0.3, -0.25) is 4.90 Å². The quantitative estimate of drug-likeness (QED) is 0.915. The molecule has 1 aliphatic heterocycles. The van der Waals surface area contributed by atoms with Gasteiger partial charge in [-0.05, 0) is 18.0 Å². The van der Waals surface area contributed by atoms with Crippen LogP contribution in [-0.4, -0.2) is 41.8 Å². The van der Waals surface area contributed by atoms with Gasteiger partial charge in [-0.2, -0.15) is 0 Å². The van der Waals surface area contributed by atoms with Crippen LogP contribution in [0.2, 0.25) is 0 Å². The summed E-state index contributed by atoms with van der Waals surface area (Å²) in [4.78, 5) is 2.21. The monoisotopic (exact) mass is 257 g/mol. The van der Waals surface area contributed by atoms with Crippen LogP contribution in [0.15, 0.2) is 42.5 Å². The minimum Gasteiger partial charge on any atom is -0.486 e. The molecule has 0 saturated carbocycles. The first-order chi connectivity index (χ1) is 9.28. The molecule has 0 unspecified atom stereocenters. The van der Waals surface area contributed by atoms with Crippen molar-refractivity contribution >= 4 is 10.8 Å². The molecule has 0 aromatic heterocycles. The van der Waals surface area contributed by atoms with Crippen molar-refractivity contribution in [1.29, 1.82) is 0 Å². The van der Waals surface area contributed by atoms with Gasteiger partial charge in [0.05, 0.1) is 0 Å². The van der Waals surface area contributed by atoms with E-state index in [1.54, 1.807) is 0 Å². The Hall–Kier alpha value is -1.58. The van der Waals surface area contributed by atoms with Gasteiger partial charge in [-0.25, -0.2) is 0 Å². The number of aliphatic hydroxyl groups excluding tert-OH is 1. The maximum absolute atomic E-state index is 10.1. The smallest absolute Gasteiger partial charge is 0.138 e. The summed E-state index contributed by atoms with van der Waals surface area (Å²) in [7, 11) is 0. The van der Waals surface area contributed by atoms with Gasteiger partial charge < -0.3 is 9.84 Å².